The molecule has 39 heavy (non-hydrogen) atoms. The predicted molar refractivity (Wildman–Crippen MR) is 150 cm³/mol. The summed E-state index contributed by atoms with van der Waals surface area (Å²) in [5.41, 5.74) is 0.785. The van der Waals surface area contributed by atoms with Gasteiger partial charge in [0.1, 0.15) is 0 Å². The van der Waals surface area contributed by atoms with Crippen LogP contribution in [0.25, 0.3) is 10.8 Å². The zero-order chi connectivity index (χ0) is 28.0. The summed E-state index contributed by atoms with van der Waals surface area (Å²) in [7, 11) is -7.69. The fraction of sp³-hybridized carbons (Fsp3) is 0.143. The van der Waals surface area contributed by atoms with Crippen molar-refractivity contribution in [2.75, 3.05) is 17.5 Å². The molecule has 0 radical (unpaired) electrons. The summed E-state index contributed by atoms with van der Waals surface area (Å²) in [6.07, 6.45) is 1.05. The Kier molecular flexibility index (Phi) is 8.44. The van der Waals surface area contributed by atoms with E-state index in [1.807, 2.05) is 24.3 Å². The SMILES string of the molecule is CS(=O)(=O)NCC(=O)[C@H](Cc1ccccc1)NC(=O)c1ccccc1NS(=O)(=O)c1ccc2ccccc2c1. The van der Waals surface area contributed by atoms with Gasteiger partial charge in [-0.2, -0.15) is 0 Å². The van der Waals surface area contributed by atoms with Crippen LogP contribution in [0.15, 0.2) is 102 Å². The lowest BCUT2D eigenvalue weighted by Gasteiger charge is -2.19. The Morgan fingerprint density at radius 2 is 1.41 bits per heavy atom. The highest BCUT2D eigenvalue weighted by Gasteiger charge is 2.25. The molecule has 0 bridgehead atoms. The molecule has 11 heteroatoms. The van der Waals surface area contributed by atoms with E-state index in [1.54, 1.807) is 54.6 Å². The number of amides is 1. The average Bonchev–Trinajstić information content (AvgIpc) is 2.91. The van der Waals surface area contributed by atoms with E-state index >= 15 is 0 Å². The van der Waals surface area contributed by atoms with E-state index in [4.69, 9.17) is 0 Å². The molecular formula is C28H27N3O6S2. The van der Waals surface area contributed by atoms with Crippen molar-refractivity contribution in [1.29, 1.82) is 0 Å². The van der Waals surface area contributed by atoms with Gasteiger partial charge in [-0.15, -0.1) is 0 Å². The van der Waals surface area contributed by atoms with Gasteiger partial charge in [0, 0.05) is 0 Å². The number of hydrogen-bond donors (Lipinski definition) is 3. The van der Waals surface area contributed by atoms with Crippen molar-refractivity contribution >= 4 is 48.2 Å². The van der Waals surface area contributed by atoms with Gasteiger partial charge in [-0.25, -0.2) is 21.6 Å². The van der Waals surface area contributed by atoms with Crippen LogP contribution in [0.3, 0.4) is 0 Å². The van der Waals surface area contributed by atoms with E-state index in [2.05, 4.69) is 14.8 Å². The molecule has 1 atom stereocenters. The van der Waals surface area contributed by atoms with Crippen LogP contribution >= 0.6 is 0 Å². The van der Waals surface area contributed by atoms with Crippen LogP contribution in [0.2, 0.25) is 0 Å². The molecule has 9 nitrogen and oxygen atoms in total. The normalized spacial score (nSPS) is 12.5. The number of hydrogen-bond acceptors (Lipinski definition) is 6. The lowest BCUT2D eigenvalue weighted by molar-refractivity contribution is -0.119. The van der Waals surface area contributed by atoms with E-state index in [9.17, 15) is 26.4 Å². The molecule has 4 aromatic rings. The first kappa shape index (κ1) is 28.0. The number of fused-ring (bicyclic) bond motifs is 1. The molecule has 0 aromatic heterocycles. The van der Waals surface area contributed by atoms with E-state index in [0.29, 0.717) is 0 Å². The molecule has 0 saturated heterocycles. The minimum Gasteiger partial charge on any atom is -0.342 e. The van der Waals surface area contributed by atoms with Gasteiger partial charge in [-0.05, 0) is 47.0 Å². The fourth-order valence-corrected chi connectivity index (χ4v) is 5.48. The van der Waals surface area contributed by atoms with Gasteiger partial charge in [-0.1, -0.05) is 72.8 Å². The van der Waals surface area contributed by atoms with E-state index in [0.717, 1.165) is 22.6 Å². The molecule has 0 saturated carbocycles. The number of carbonyl (C=O) groups excluding carboxylic acids is 2. The second-order valence-electron chi connectivity index (χ2n) is 8.94. The highest BCUT2D eigenvalue weighted by Crippen LogP contribution is 2.23. The van der Waals surface area contributed by atoms with Crippen molar-refractivity contribution in [3.8, 4) is 0 Å². The molecule has 0 aliphatic carbocycles. The third-order valence-electron chi connectivity index (χ3n) is 5.93. The van der Waals surface area contributed by atoms with Gasteiger partial charge >= 0.3 is 0 Å². The first-order chi connectivity index (χ1) is 18.5. The van der Waals surface area contributed by atoms with Gasteiger partial charge in [0.25, 0.3) is 15.9 Å². The van der Waals surface area contributed by atoms with E-state index in [1.165, 1.54) is 18.2 Å². The Morgan fingerprint density at radius 3 is 2.13 bits per heavy atom. The molecule has 4 rings (SSSR count). The monoisotopic (exact) mass is 565 g/mol. The van der Waals surface area contributed by atoms with Gasteiger partial charge in [-0.3, -0.25) is 14.3 Å². The second kappa shape index (κ2) is 11.8. The quantitative estimate of drug-likeness (QED) is 0.256. The number of para-hydroxylation sites is 1. The number of carbonyl (C=O) groups is 2. The standard InChI is InChI=1S/C28H27N3O6S2/c1-38(34,35)29-19-27(32)26(17-20-9-3-2-4-10-20)30-28(33)24-13-7-8-14-25(24)31-39(36,37)23-16-15-21-11-5-6-12-22(21)18-23/h2-16,18,26,29,31H,17,19H2,1H3,(H,30,33)/t26-/m0/s1. The molecule has 4 aromatic carbocycles. The first-order valence-electron chi connectivity index (χ1n) is 11.9. The summed E-state index contributed by atoms with van der Waals surface area (Å²) in [4.78, 5) is 26.3. The number of ketones is 1. The lowest BCUT2D eigenvalue weighted by atomic mass is 10.0. The smallest absolute Gasteiger partial charge is 0.261 e. The minimum absolute atomic E-state index is 0.00352. The molecule has 0 fully saturated rings. The predicted octanol–water partition coefficient (Wildman–Crippen LogP) is 3.10. The Hall–Kier alpha value is -4.06. The van der Waals surface area contributed by atoms with Crippen molar-refractivity contribution in [3.05, 3.63) is 108 Å². The molecule has 0 heterocycles. The number of sulfonamides is 2. The van der Waals surface area contributed by atoms with Crippen molar-refractivity contribution in [1.82, 2.24) is 10.0 Å². The summed E-state index contributed by atoms with van der Waals surface area (Å²) in [6.45, 7) is -0.507. The van der Waals surface area contributed by atoms with Gasteiger partial charge in [0.15, 0.2) is 5.78 Å². The van der Waals surface area contributed by atoms with Crippen LogP contribution in [0, 0.1) is 0 Å². The Labute approximate surface area is 227 Å². The number of nitrogens with one attached hydrogen (secondary N) is 3. The summed E-state index contributed by atoms with van der Waals surface area (Å²) in [5.74, 6) is -1.24. The van der Waals surface area contributed by atoms with Crippen LogP contribution in [-0.4, -0.2) is 47.4 Å². The van der Waals surface area contributed by atoms with Gasteiger partial charge in [0.2, 0.25) is 10.0 Å². The summed E-state index contributed by atoms with van der Waals surface area (Å²) < 4.78 is 54.1. The van der Waals surface area contributed by atoms with Crippen LogP contribution in [0.1, 0.15) is 15.9 Å². The lowest BCUT2D eigenvalue weighted by Crippen LogP contribution is -2.46. The van der Waals surface area contributed by atoms with Crippen LogP contribution in [0.4, 0.5) is 5.69 Å². The molecule has 0 spiro atoms. The fourth-order valence-electron chi connectivity index (χ4n) is 3.96. The van der Waals surface area contributed by atoms with Crippen molar-refractivity contribution < 1.29 is 26.4 Å². The van der Waals surface area contributed by atoms with E-state index < -0.39 is 44.3 Å². The number of Topliss-reactive ketones (excluding diaryl/α,β-unsaturated/α-hetero) is 1. The molecule has 1 amide bonds. The van der Waals surface area contributed by atoms with Crippen LogP contribution in [-0.2, 0) is 31.3 Å². The zero-order valence-electron chi connectivity index (χ0n) is 21.0. The van der Waals surface area contributed by atoms with Crippen molar-refractivity contribution in [3.63, 3.8) is 0 Å². The summed E-state index contributed by atoms with van der Waals surface area (Å²) in [5, 5.41) is 4.28. The number of benzene rings is 4. The van der Waals surface area contributed by atoms with Crippen molar-refractivity contribution in [2.45, 2.75) is 17.4 Å². The first-order valence-corrected chi connectivity index (χ1v) is 15.3. The largest absolute Gasteiger partial charge is 0.342 e. The molecular weight excluding hydrogens is 538 g/mol. The van der Waals surface area contributed by atoms with Gasteiger partial charge in [0.05, 0.1) is 35.0 Å². The molecule has 0 unspecified atom stereocenters. The Balaban J connectivity index is 1.58. The molecule has 3 N–H and O–H groups in total. The number of anilines is 1. The minimum atomic E-state index is -4.05. The van der Waals surface area contributed by atoms with Crippen LogP contribution < -0.4 is 14.8 Å². The average molecular weight is 566 g/mol. The van der Waals surface area contributed by atoms with Crippen LogP contribution in [0.5, 0.6) is 0 Å². The second-order valence-corrected chi connectivity index (χ2v) is 12.5. The topological polar surface area (TPSA) is 139 Å². The highest BCUT2D eigenvalue weighted by atomic mass is 32.2. The number of rotatable bonds is 11. The highest BCUT2D eigenvalue weighted by molar-refractivity contribution is 7.92. The Morgan fingerprint density at radius 1 is 0.769 bits per heavy atom. The third-order valence-corrected chi connectivity index (χ3v) is 7.96. The molecule has 0 aliphatic heterocycles. The van der Waals surface area contributed by atoms with Gasteiger partial charge < -0.3 is 5.32 Å². The summed E-state index contributed by atoms with van der Waals surface area (Å²) >= 11 is 0. The third kappa shape index (κ3) is 7.50. The van der Waals surface area contributed by atoms with E-state index in [-0.39, 0.29) is 22.6 Å². The maximum Gasteiger partial charge on any atom is 0.261 e. The van der Waals surface area contributed by atoms with Crippen molar-refractivity contribution in [2.24, 2.45) is 0 Å². The zero-order valence-corrected chi connectivity index (χ0v) is 22.6. The maximum atomic E-state index is 13.3. The molecule has 0 aliphatic rings. The summed E-state index contributed by atoms with van der Waals surface area (Å²) in [6, 6.07) is 26.0. The Bertz CT molecular complexity index is 1720. The maximum absolute atomic E-state index is 13.3. The molecule has 202 valence electrons.